The van der Waals surface area contributed by atoms with E-state index in [0.717, 1.165) is 18.2 Å². The van der Waals surface area contributed by atoms with Gasteiger partial charge in [0.1, 0.15) is 11.4 Å². The van der Waals surface area contributed by atoms with Gasteiger partial charge in [-0.05, 0) is 55.5 Å². The van der Waals surface area contributed by atoms with Crippen molar-refractivity contribution in [1.29, 1.82) is 0 Å². The molecule has 1 heterocycles. The van der Waals surface area contributed by atoms with Crippen LogP contribution in [0.4, 0.5) is 67.2 Å². The van der Waals surface area contributed by atoms with Crippen molar-refractivity contribution in [3.05, 3.63) is 81.1 Å². The molecule has 22 heteroatoms. The van der Waals surface area contributed by atoms with Crippen molar-refractivity contribution in [3.63, 3.8) is 0 Å². The molecule has 3 rings (SSSR count). The molecule has 0 aliphatic carbocycles. The van der Waals surface area contributed by atoms with Gasteiger partial charge in [0.2, 0.25) is 0 Å². The van der Waals surface area contributed by atoms with Crippen LogP contribution in [0.2, 0.25) is 5.02 Å². The lowest BCUT2D eigenvalue weighted by Gasteiger charge is -2.28. The van der Waals surface area contributed by atoms with E-state index < -0.39 is 82.1 Å². The van der Waals surface area contributed by atoms with E-state index in [9.17, 15) is 71.1 Å². The molecule has 1 aromatic heterocycles. The van der Waals surface area contributed by atoms with Gasteiger partial charge in [-0.3, -0.25) is 14.3 Å². The summed E-state index contributed by atoms with van der Waals surface area (Å²) >= 11 is 7.60. The third-order valence-corrected chi connectivity index (χ3v) is 8.22. The Morgan fingerprint density at radius 3 is 1.94 bits per heavy atom. The normalized spacial score (nSPS) is 14.0. The van der Waals surface area contributed by atoms with E-state index in [1.54, 1.807) is 13.2 Å². The van der Waals surface area contributed by atoms with Gasteiger partial charge in [0, 0.05) is 17.5 Å². The molecule has 1 atom stereocenters. The number of thioether (sulfide) groups is 1. The van der Waals surface area contributed by atoms with E-state index in [1.807, 2.05) is 0 Å². The predicted molar refractivity (Wildman–Crippen MR) is 157 cm³/mol. The number of rotatable bonds is 12. The van der Waals surface area contributed by atoms with Crippen LogP contribution in [0.1, 0.15) is 50.2 Å². The summed E-state index contributed by atoms with van der Waals surface area (Å²) in [5.41, 5.74) is -6.63. The van der Waals surface area contributed by atoms with Gasteiger partial charge in [0.25, 0.3) is 11.8 Å². The summed E-state index contributed by atoms with van der Waals surface area (Å²) in [6.45, 7) is 1.47. The van der Waals surface area contributed by atoms with Gasteiger partial charge in [-0.2, -0.15) is 78.3 Å². The number of carbonyl (C=O) groups is 2. The van der Waals surface area contributed by atoms with Crippen molar-refractivity contribution >= 4 is 40.9 Å². The van der Waals surface area contributed by atoms with Gasteiger partial charge < -0.3 is 10.6 Å². The molecular weight excluding hydrogens is 770 g/mol. The number of hydrogen-bond donors (Lipinski definition) is 2. The highest BCUT2D eigenvalue weighted by Crippen LogP contribution is 2.55. The highest BCUT2D eigenvalue weighted by Gasteiger charge is 2.77. The molecule has 0 aliphatic rings. The maximum Gasteiger partial charge on any atom is 0.460 e. The summed E-state index contributed by atoms with van der Waals surface area (Å²) in [5, 5.41) is 7.47. The maximum absolute atomic E-state index is 14.7. The minimum Gasteiger partial charge on any atom is -0.349 e. The third kappa shape index (κ3) is 8.02. The lowest BCUT2D eigenvalue weighted by atomic mass is 10.0. The molecule has 0 bridgehead atoms. The van der Waals surface area contributed by atoms with Gasteiger partial charge in [0.15, 0.2) is 0 Å². The Labute approximate surface area is 287 Å². The molecule has 2 aromatic carbocycles. The van der Waals surface area contributed by atoms with Crippen LogP contribution in [0.5, 0.6) is 0 Å². The first-order valence-electron chi connectivity index (χ1n) is 13.8. The highest BCUT2D eigenvalue weighted by molar-refractivity contribution is 7.98. The van der Waals surface area contributed by atoms with E-state index >= 15 is 0 Å². The van der Waals surface area contributed by atoms with Crippen LogP contribution < -0.4 is 10.6 Å². The number of amides is 2. The Balaban J connectivity index is 2.04. The summed E-state index contributed by atoms with van der Waals surface area (Å²) in [7, 11) is 0. The van der Waals surface area contributed by atoms with Gasteiger partial charge in [0.05, 0.1) is 22.7 Å². The number of nitrogens with zero attached hydrogens (tertiary/aromatic N) is 2. The zero-order chi connectivity index (χ0) is 39.1. The number of hydrogen-bond acceptors (Lipinski definition) is 4. The Hall–Kier alpha value is -3.75. The number of halogens is 15. The van der Waals surface area contributed by atoms with Crippen LogP contribution in [0, 0.1) is 6.92 Å². The lowest BCUT2D eigenvalue weighted by molar-refractivity contribution is -0.361. The monoisotopic (exact) mass is 792 g/mol. The number of alkyl halides is 14. The second kappa shape index (κ2) is 14.3. The van der Waals surface area contributed by atoms with Crippen molar-refractivity contribution in [2.24, 2.45) is 0 Å². The number of aromatic nitrogens is 2. The SMILES string of the molecule is CSCC(C)NC(=O)c1c(Cl)cccc1C(=O)Nc1ccc(Cn2nc(C(F)(F)C(F)(F)C(F)(F)F)cc2C(F)(F)C(F)(F)C(F)(F)F)cc1C. The number of aryl methyl sites for hydroxylation is 1. The molecule has 282 valence electrons. The number of anilines is 1. The van der Waals surface area contributed by atoms with Gasteiger partial charge in [-0.25, -0.2) is 0 Å². The molecule has 0 aliphatic heterocycles. The fraction of sp³-hybridized carbons (Fsp3) is 0.414. The zero-order valence-corrected chi connectivity index (χ0v) is 27.4. The molecular formula is C29H23ClF14N4O2S. The minimum atomic E-state index is -7.06. The summed E-state index contributed by atoms with van der Waals surface area (Å²) in [5.74, 6) is -28.3. The molecule has 6 nitrogen and oxygen atoms in total. The van der Waals surface area contributed by atoms with Crippen molar-refractivity contribution in [2.75, 3.05) is 17.3 Å². The molecule has 51 heavy (non-hydrogen) atoms. The Morgan fingerprint density at radius 2 is 1.41 bits per heavy atom. The first-order valence-corrected chi connectivity index (χ1v) is 15.6. The molecule has 0 fully saturated rings. The van der Waals surface area contributed by atoms with Crippen molar-refractivity contribution in [3.8, 4) is 0 Å². The van der Waals surface area contributed by atoms with E-state index in [2.05, 4.69) is 15.7 Å². The molecule has 3 aromatic rings. The van der Waals surface area contributed by atoms with Crippen LogP contribution in [0.15, 0.2) is 42.5 Å². The quantitative estimate of drug-likeness (QED) is 0.180. The second-order valence-electron chi connectivity index (χ2n) is 11.0. The van der Waals surface area contributed by atoms with Gasteiger partial charge in [-0.1, -0.05) is 29.8 Å². The standard InChI is InChI=1S/C29H23ClF14N4O2S/c1-13-9-15(7-8-18(13)46-22(49)16-5-4-6-17(30)21(16)23(50)45-14(2)12-51-3)11-48-20(25(33,34)27(37,38)29(42,43)44)10-19(47-48)24(31,32)26(35,36)28(39,40)41/h4-10,14H,11-12H2,1-3H3,(H,45,50)(H,46,49). The maximum atomic E-state index is 14.7. The summed E-state index contributed by atoms with van der Waals surface area (Å²) in [4.78, 5) is 26.1. The van der Waals surface area contributed by atoms with Crippen molar-refractivity contribution in [1.82, 2.24) is 15.1 Å². The van der Waals surface area contributed by atoms with Crippen LogP contribution in [0.25, 0.3) is 0 Å². The van der Waals surface area contributed by atoms with Crippen LogP contribution in [-0.4, -0.2) is 63.8 Å². The Bertz CT molecular complexity index is 1780. The van der Waals surface area contributed by atoms with E-state index in [1.165, 1.54) is 36.9 Å². The lowest BCUT2D eigenvalue weighted by Crippen LogP contribution is -2.51. The predicted octanol–water partition coefficient (Wildman–Crippen LogP) is 9.21. The van der Waals surface area contributed by atoms with Gasteiger partial charge >= 0.3 is 36.0 Å². The number of carbonyl (C=O) groups excluding carboxylic acids is 2. The van der Waals surface area contributed by atoms with Gasteiger partial charge in [-0.15, -0.1) is 0 Å². The summed E-state index contributed by atoms with van der Waals surface area (Å²) in [6.07, 6.45) is -12.3. The topological polar surface area (TPSA) is 76.0 Å². The average molecular weight is 793 g/mol. The minimum absolute atomic E-state index is 0.0160. The van der Waals surface area contributed by atoms with Crippen LogP contribution in [0.3, 0.4) is 0 Å². The van der Waals surface area contributed by atoms with Crippen molar-refractivity contribution in [2.45, 2.75) is 62.5 Å². The molecule has 1 unspecified atom stereocenters. The summed E-state index contributed by atoms with van der Waals surface area (Å²) < 4.78 is 190. The molecule has 2 amide bonds. The highest BCUT2D eigenvalue weighted by atomic mass is 35.5. The second-order valence-corrected chi connectivity index (χ2v) is 12.3. The molecule has 0 saturated carbocycles. The largest absolute Gasteiger partial charge is 0.460 e. The average Bonchev–Trinajstić information content (AvgIpc) is 3.42. The number of benzene rings is 2. The van der Waals surface area contributed by atoms with E-state index in [4.69, 9.17) is 11.6 Å². The molecule has 0 saturated heterocycles. The Morgan fingerprint density at radius 1 is 0.843 bits per heavy atom. The molecule has 0 radical (unpaired) electrons. The third-order valence-electron chi connectivity index (χ3n) is 7.07. The summed E-state index contributed by atoms with van der Waals surface area (Å²) in [6, 6.07) is 5.31. The van der Waals surface area contributed by atoms with E-state index in [-0.39, 0.29) is 33.4 Å². The first-order chi connectivity index (χ1) is 23.1. The fourth-order valence-corrected chi connectivity index (χ4v) is 5.32. The van der Waals surface area contributed by atoms with E-state index in [0.29, 0.717) is 5.75 Å². The smallest absolute Gasteiger partial charge is 0.349 e. The van der Waals surface area contributed by atoms with Crippen LogP contribution >= 0.6 is 23.4 Å². The zero-order valence-electron chi connectivity index (χ0n) is 25.8. The van der Waals surface area contributed by atoms with Crippen LogP contribution in [-0.2, 0) is 18.4 Å². The Kier molecular flexibility index (Phi) is 11.7. The molecule has 2 N–H and O–H groups in total. The molecule has 0 spiro atoms. The fourth-order valence-electron chi connectivity index (χ4n) is 4.48. The number of nitrogens with one attached hydrogen (secondary N) is 2. The first kappa shape index (κ1) is 41.7. The van der Waals surface area contributed by atoms with Crippen molar-refractivity contribution < 1.29 is 71.1 Å².